The molecule has 2 heterocycles. The van der Waals surface area contributed by atoms with Crippen molar-refractivity contribution >= 4 is 29.4 Å². The van der Waals surface area contributed by atoms with Gasteiger partial charge >= 0.3 is 5.97 Å². The molecule has 182 valence electrons. The average molecular weight is 483 g/mol. The topological polar surface area (TPSA) is 84.0 Å². The standard InChI is InChI=1S/C29H26N2O5/c1-3-36-28(35)29(21-16-10-11-17-23(21)30(2)27(29)34)22-18-24(32)31(26(22)33)25(19-12-6-4-7-13-19)20-14-8-5-9-15-20/h4-17,22,25H,3,18H2,1-2H3/t22-,29-/m1/s1. The van der Waals surface area contributed by atoms with Gasteiger partial charge in [0.15, 0.2) is 5.41 Å². The van der Waals surface area contributed by atoms with Crippen molar-refractivity contribution in [3.8, 4) is 0 Å². The Kier molecular flexibility index (Phi) is 5.92. The first-order valence-corrected chi connectivity index (χ1v) is 11.9. The number of carbonyl (C=O) groups is 4. The number of hydrogen-bond donors (Lipinski definition) is 0. The highest BCUT2D eigenvalue weighted by molar-refractivity contribution is 6.24. The molecule has 0 aromatic heterocycles. The lowest BCUT2D eigenvalue weighted by atomic mass is 9.70. The molecule has 0 spiro atoms. The van der Waals surface area contributed by atoms with Gasteiger partial charge in [0.25, 0.3) is 0 Å². The highest BCUT2D eigenvalue weighted by Gasteiger charge is 2.66. The maximum Gasteiger partial charge on any atom is 0.327 e. The van der Waals surface area contributed by atoms with Gasteiger partial charge in [0.05, 0.1) is 18.6 Å². The van der Waals surface area contributed by atoms with Gasteiger partial charge in [-0.1, -0.05) is 78.9 Å². The van der Waals surface area contributed by atoms with Gasteiger partial charge in [-0.15, -0.1) is 0 Å². The SMILES string of the molecule is CCOC(=O)[C@]1([C@@H]2CC(=O)N(C(c3ccccc3)c3ccccc3)C2=O)C(=O)N(C)c2ccccc21. The van der Waals surface area contributed by atoms with E-state index in [2.05, 4.69) is 0 Å². The van der Waals surface area contributed by atoms with E-state index in [9.17, 15) is 19.2 Å². The molecular weight excluding hydrogens is 456 g/mol. The van der Waals surface area contributed by atoms with E-state index in [4.69, 9.17) is 4.74 Å². The molecule has 0 saturated carbocycles. The summed E-state index contributed by atoms with van der Waals surface area (Å²) in [7, 11) is 1.57. The molecule has 0 N–H and O–H groups in total. The van der Waals surface area contributed by atoms with Gasteiger partial charge in [0.1, 0.15) is 0 Å². The van der Waals surface area contributed by atoms with Crippen molar-refractivity contribution in [3.63, 3.8) is 0 Å². The molecule has 1 saturated heterocycles. The van der Waals surface area contributed by atoms with E-state index < -0.39 is 41.1 Å². The van der Waals surface area contributed by atoms with Crippen LogP contribution in [0.4, 0.5) is 5.69 Å². The number of likely N-dealkylation sites (N-methyl/N-ethyl adjacent to an activating group) is 1. The summed E-state index contributed by atoms with van der Waals surface area (Å²) in [5.41, 5.74) is 0.496. The Morgan fingerprint density at radius 1 is 0.917 bits per heavy atom. The highest BCUT2D eigenvalue weighted by Crippen LogP contribution is 2.51. The van der Waals surface area contributed by atoms with Crippen LogP contribution in [-0.4, -0.2) is 42.2 Å². The normalized spacial score (nSPS) is 21.3. The molecule has 3 aromatic carbocycles. The van der Waals surface area contributed by atoms with Crippen LogP contribution in [0.15, 0.2) is 84.9 Å². The van der Waals surface area contributed by atoms with Gasteiger partial charge in [0, 0.05) is 24.7 Å². The molecule has 7 heteroatoms. The second-order valence-corrected chi connectivity index (χ2v) is 8.99. The van der Waals surface area contributed by atoms with Crippen molar-refractivity contribution in [3.05, 3.63) is 102 Å². The van der Waals surface area contributed by atoms with E-state index in [1.54, 1.807) is 38.2 Å². The van der Waals surface area contributed by atoms with Gasteiger partial charge < -0.3 is 9.64 Å². The van der Waals surface area contributed by atoms with Crippen LogP contribution in [0.5, 0.6) is 0 Å². The Hall–Kier alpha value is -4.26. The summed E-state index contributed by atoms with van der Waals surface area (Å²) in [6.45, 7) is 1.68. The van der Waals surface area contributed by atoms with Crippen LogP contribution in [-0.2, 0) is 29.3 Å². The number of para-hydroxylation sites is 1. The maximum absolute atomic E-state index is 14.2. The predicted octanol–water partition coefficient (Wildman–Crippen LogP) is 3.63. The zero-order chi connectivity index (χ0) is 25.4. The fourth-order valence-electron chi connectivity index (χ4n) is 5.53. The van der Waals surface area contributed by atoms with Crippen LogP contribution in [0.3, 0.4) is 0 Å². The molecule has 1 fully saturated rings. The number of rotatable bonds is 6. The van der Waals surface area contributed by atoms with Gasteiger partial charge in [-0.25, -0.2) is 0 Å². The Morgan fingerprint density at radius 2 is 1.47 bits per heavy atom. The number of hydrogen-bond acceptors (Lipinski definition) is 5. The fraction of sp³-hybridized carbons (Fsp3) is 0.241. The van der Waals surface area contributed by atoms with Crippen molar-refractivity contribution in [1.29, 1.82) is 0 Å². The number of fused-ring (bicyclic) bond motifs is 1. The minimum absolute atomic E-state index is 0.0367. The number of benzene rings is 3. The van der Waals surface area contributed by atoms with Crippen LogP contribution >= 0.6 is 0 Å². The second-order valence-electron chi connectivity index (χ2n) is 8.99. The molecule has 3 amide bonds. The molecule has 36 heavy (non-hydrogen) atoms. The highest BCUT2D eigenvalue weighted by atomic mass is 16.5. The predicted molar refractivity (Wildman–Crippen MR) is 133 cm³/mol. The van der Waals surface area contributed by atoms with Gasteiger partial charge in [-0.2, -0.15) is 0 Å². The zero-order valence-electron chi connectivity index (χ0n) is 20.1. The summed E-state index contributed by atoms with van der Waals surface area (Å²) in [4.78, 5) is 57.8. The zero-order valence-corrected chi connectivity index (χ0v) is 20.1. The van der Waals surface area contributed by atoms with E-state index in [0.717, 1.165) is 11.1 Å². The van der Waals surface area contributed by atoms with E-state index >= 15 is 0 Å². The van der Waals surface area contributed by atoms with Crippen LogP contribution in [0.1, 0.15) is 36.1 Å². The van der Waals surface area contributed by atoms with Crippen LogP contribution < -0.4 is 4.90 Å². The lowest BCUT2D eigenvalue weighted by molar-refractivity contribution is -0.159. The molecule has 5 rings (SSSR count). The quantitative estimate of drug-likeness (QED) is 0.304. The first kappa shape index (κ1) is 23.5. The Labute approximate surface area is 209 Å². The number of amides is 3. The van der Waals surface area contributed by atoms with E-state index in [1.165, 1.54) is 9.80 Å². The lowest BCUT2D eigenvalue weighted by Gasteiger charge is -2.32. The number of likely N-dealkylation sites (tertiary alicyclic amines) is 1. The molecule has 0 unspecified atom stereocenters. The molecule has 2 aliphatic heterocycles. The number of carbonyl (C=O) groups excluding carboxylic acids is 4. The minimum Gasteiger partial charge on any atom is -0.465 e. The first-order chi connectivity index (χ1) is 17.4. The Bertz CT molecular complexity index is 1300. The molecule has 2 aliphatic rings. The number of esters is 1. The number of anilines is 1. The van der Waals surface area contributed by atoms with Crippen molar-refractivity contribution in [2.24, 2.45) is 5.92 Å². The van der Waals surface area contributed by atoms with Crippen LogP contribution in [0.25, 0.3) is 0 Å². The molecule has 2 atom stereocenters. The van der Waals surface area contributed by atoms with Gasteiger partial charge in [-0.3, -0.25) is 24.1 Å². The first-order valence-electron chi connectivity index (χ1n) is 11.9. The maximum atomic E-state index is 14.2. The Morgan fingerprint density at radius 3 is 2.06 bits per heavy atom. The van der Waals surface area contributed by atoms with Gasteiger partial charge in [-0.05, 0) is 24.1 Å². The number of ether oxygens (including phenoxy) is 1. The molecular formula is C29H26N2O5. The lowest BCUT2D eigenvalue weighted by Crippen LogP contribution is -2.54. The van der Waals surface area contributed by atoms with E-state index in [0.29, 0.717) is 11.3 Å². The fourth-order valence-corrected chi connectivity index (χ4v) is 5.53. The van der Waals surface area contributed by atoms with Gasteiger partial charge in [0.2, 0.25) is 17.7 Å². The number of imide groups is 1. The summed E-state index contributed by atoms with van der Waals surface area (Å²) >= 11 is 0. The third-order valence-electron chi connectivity index (χ3n) is 7.12. The van der Waals surface area contributed by atoms with Crippen molar-refractivity contribution in [2.45, 2.75) is 24.8 Å². The molecule has 0 radical (unpaired) electrons. The van der Waals surface area contributed by atoms with Crippen LogP contribution in [0, 0.1) is 5.92 Å². The summed E-state index contributed by atoms with van der Waals surface area (Å²) in [6, 6.07) is 24.7. The molecule has 7 nitrogen and oxygen atoms in total. The largest absolute Gasteiger partial charge is 0.465 e. The number of nitrogens with zero attached hydrogens (tertiary/aromatic N) is 2. The third kappa shape index (κ3) is 3.34. The summed E-state index contributed by atoms with van der Waals surface area (Å²) in [5, 5.41) is 0. The molecule has 0 aliphatic carbocycles. The Balaban J connectivity index is 1.67. The molecule has 3 aromatic rings. The smallest absolute Gasteiger partial charge is 0.327 e. The van der Waals surface area contributed by atoms with Crippen molar-refractivity contribution in [1.82, 2.24) is 4.90 Å². The van der Waals surface area contributed by atoms with Crippen LogP contribution in [0.2, 0.25) is 0 Å². The minimum atomic E-state index is -1.93. The summed E-state index contributed by atoms with van der Waals surface area (Å²) in [5.74, 6) is -3.60. The van der Waals surface area contributed by atoms with Crippen molar-refractivity contribution in [2.75, 3.05) is 18.6 Å². The summed E-state index contributed by atoms with van der Waals surface area (Å²) in [6.07, 6.45) is -0.276. The summed E-state index contributed by atoms with van der Waals surface area (Å²) < 4.78 is 5.40. The van der Waals surface area contributed by atoms with E-state index in [-0.39, 0.29) is 13.0 Å². The average Bonchev–Trinajstić information content (AvgIpc) is 3.31. The third-order valence-corrected chi connectivity index (χ3v) is 7.12. The van der Waals surface area contributed by atoms with Crippen molar-refractivity contribution < 1.29 is 23.9 Å². The monoisotopic (exact) mass is 482 g/mol. The molecule has 0 bridgehead atoms. The van der Waals surface area contributed by atoms with E-state index in [1.807, 2.05) is 60.7 Å². The second kappa shape index (κ2) is 9.07.